The van der Waals surface area contributed by atoms with Gasteiger partial charge in [-0.15, -0.1) is 0 Å². The van der Waals surface area contributed by atoms with Crippen molar-refractivity contribution in [3.05, 3.63) is 64.8 Å². The van der Waals surface area contributed by atoms with Crippen molar-refractivity contribution >= 4 is 40.3 Å². The normalized spacial score (nSPS) is 11.2. The largest absolute Gasteiger partial charge is 0.487 e. The van der Waals surface area contributed by atoms with E-state index in [1.807, 2.05) is 35.9 Å². The molecule has 0 spiro atoms. The van der Waals surface area contributed by atoms with Gasteiger partial charge in [0.05, 0.1) is 11.3 Å². The van der Waals surface area contributed by atoms with Gasteiger partial charge < -0.3 is 24.7 Å². The molecule has 0 saturated heterocycles. The fourth-order valence-corrected chi connectivity index (χ4v) is 3.67. The summed E-state index contributed by atoms with van der Waals surface area (Å²) < 4.78 is 12.9. The number of nitrogens with zero attached hydrogens (tertiary/aromatic N) is 1. The number of alkyl carbamates (subject to hydrolysis) is 1. The number of halogens is 1. The van der Waals surface area contributed by atoms with Crippen LogP contribution in [-0.4, -0.2) is 41.0 Å². The Morgan fingerprint density at radius 1 is 0.971 bits per heavy atom. The minimum absolute atomic E-state index is 0.0982. The second-order valence-corrected chi connectivity index (χ2v) is 9.44. The summed E-state index contributed by atoms with van der Waals surface area (Å²) >= 11 is 5.94. The lowest BCUT2D eigenvalue weighted by molar-refractivity contribution is -0.117. The number of hydrogen-bond donors (Lipinski definition) is 2. The molecule has 186 valence electrons. The quantitative estimate of drug-likeness (QED) is 0.254. The van der Waals surface area contributed by atoms with E-state index < -0.39 is 23.4 Å². The minimum atomic E-state index is -0.716. The van der Waals surface area contributed by atoms with Gasteiger partial charge in [0, 0.05) is 36.1 Å². The Kier molecular flexibility index (Phi) is 8.40. The Morgan fingerprint density at radius 3 is 2.31 bits per heavy atom. The molecular weight excluding hydrogens is 470 g/mol. The maximum atomic E-state index is 13.2. The summed E-state index contributed by atoms with van der Waals surface area (Å²) in [6.07, 6.45) is -0.0821. The van der Waals surface area contributed by atoms with Crippen LogP contribution >= 0.6 is 11.6 Å². The van der Waals surface area contributed by atoms with Crippen LogP contribution in [0.1, 0.15) is 43.2 Å². The van der Waals surface area contributed by atoms with E-state index >= 15 is 0 Å². The topological polar surface area (TPSA) is 98.7 Å². The van der Waals surface area contributed by atoms with Crippen molar-refractivity contribution in [2.75, 3.05) is 13.1 Å². The number of carbonyl (C=O) groups is 3. The van der Waals surface area contributed by atoms with Crippen LogP contribution < -0.4 is 15.4 Å². The number of para-hydroxylation sites is 1. The number of carbonyl (C=O) groups excluding carboxylic acids is 3. The number of amides is 2. The number of aryl methyl sites for hydroxylation is 1. The summed E-state index contributed by atoms with van der Waals surface area (Å²) in [5, 5.41) is 6.53. The van der Waals surface area contributed by atoms with Crippen LogP contribution in [0.2, 0.25) is 5.02 Å². The van der Waals surface area contributed by atoms with Crippen molar-refractivity contribution < 1.29 is 23.9 Å². The van der Waals surface area contributed by atoms with Crippen molar-refractivity contribution in [2.24, 2.45) is 7.05 Å². The lowest BCUT2D eigenvalue weighted by Gasteiger charge is -2.19. The maximum absolute atomic E-state index is 13.2. The molecule has 1 aromatic heterocycles. The molecule has 2 N–H and O–H groups in total. The molecule has 0 aliphatic carbocycles. The zero-order valence-electron chi connectivity index (χ0n) is 20.3. The molecule has 0 aliphatic heterocycles. The zero-order valence-corrected chi connectivity index (χ0v) is 21.1. The van der Waals surface area contributed by atoms with Gasteiger partial charge in [-0.3, -0.25) is 9.59 Å². The molecule has 0 aliphatic rings. The molecule has 0 fully saturated rings. The summed E-state index contributed by atoms with van der Waals surface area (Å²) in [6, 6.07) is 14.3. The first-order chi connectivity index (χ1) is 16.6. The standard InChI is InChI=1S/C26H30ClN3O5/c1-26(2,3)35-25(33)29-15-7-14-28-24(32)23(31)22-19-8-5-6-9-20(19)30(4)21(22)16-34-18-12-10-17(27)11-13-18/h5-6,8-13H,7,14-16H2,1-4H3,(H,28,32)(H,29,33). The number of ether oxygens (including phenoxy) is 2. The molecule has 3 rings (SSSR count). The average molecular weight is 500 g/mol. The second-order valence-electron chi connectivity index (χ2n) is 9.01. The Bertz CT molecular complexity index is 1210. The number of benzene rings is 2. The average Bonchev–Trinajstić information content (AvgIpc) is 3.08. The monoisotopic (exact) mass is 499 g/mol. The highest BCUT2D eigenvalue weighted by Gasteiger charge is 2.26. The van der Waals surface area contributed by atoms with Gasteiger partial charge in [-0.05, 0) is 57.5 Å². The van der Waals surface area contributed by atoms with Crippen LogP contribution in [-0.2, 0) is 23.2 Å². The van der Waals surface area contributed by atoms with E-state index in [-0.39, 0.29) is 13.2 Å². The van der Waals surface area contributed by atoms with Crippen LogP contribution in [0.4, 0.5) is 4.79 Å². The first kappa shape index (κ1) is 26.1. The third kappa shape index (κ3) is 6.99. The third-order valence-corrected chi connectivity index (χ3v) is 5.41. The highest BCUT2D eigenvalue weighted by Crippen LogP contribution is 2.27. The van der Waals surface area contributed by atoms with Crippen molar-refractivity contribution in [3.8, 4) is 5.75 Å². The number of nitrogens with one attached hydrogen (secondary N) is 2. The van der Waals surface area contributed by atoms with Gasteiger partial charge in [0.1, 0.15) is 18.0 Å². The molecule has 8 nitrogen and oxygen atoms in total. The molecule has 0 saturated carbocycles. The van der Waals surface area contributed by atoms with Crippen molar-refractivity contribution in [2.45, 2.75) is 39.4 Å². The predicted octanol–water partition coefficient (Wildman–Crippen LogP) is 4.62. The van der Waals surface area contributed by atoms with E-state index in [9.17, 15) is 14.4 Å². The van der Waals surface area contributed by atoms with Gasteiger partial charge in [0.15, 0.2) is 0 Å². The van der Waals surface area contributed by atoms with Crippen LogP contribution in [0.3, 0.4) is 0 Å². The van der Waals surface area contributed by atoms with Gasteiger partial charge >= 0.3 is 6.09 Å². The fourth-order valence-electron chi connectivity index (χ4n) is 3.54. The highest BCUT2D eigenvalue weighted by atomic mass is 35.5. The number of rotatable bonds is 9. The van der Waals surface area contributed by atoms with Crippen molar-refractivity contribution in [3.63, 3.8) is 0 Å². The van der Waals surface area contributed by atoms with E-state index in [1.54, 1.807) is 45.0 Å². The minimum Gasteiger partial charge on any atom is -0.487 e. The summed E-state index contributed by atoms with van der Waals surface area (Å²) in [5.74, 6) is -0.761. The zero-order chi connectivity index (χ0) is 25.6. The van der Waals surface area contributed by atoms with Crippen molar-refractivity contribution in [1.82, 2.24) is 15.2 Å². The van der Waals surface area contributed by atoms with Crippen molar-refractivity contribution in [1.29, 1.82) is 0 Å². The third-order valence-electron chi connectivity index (χ3n) is 5.16. The van der Waals surface area contributed by atoms with Gasteiger partial charge in [-0.1, -0.05) is 29.8 Å². The van der Waals surface area contributed by atoms with Crippen LogP contribution in [0.5, 0.6) is 5.75 Å². The van der Waals surface area contributed by atoms with Crippen LogP contribution in [0.25, 0.3) is 10.9 Å². The number of fused-ring (bicyclic) bond motifs is 1. The van der Waals surface area contributed by atoms with E-state index in [2.05, 4.69) is 10.6 Å². The van der Waals surface area contributed by atoms with Gasteiger partial charge in [-0.25, -0.2) is 4.79 Å². The maximum Gasteiger partial charge on any atom is 0.407 e. The highest BCUT2D eigenvalue weighted by molar-refractivity contribution is 6.45. The molecule has 2 amide bonds. The molecule has 3 aromatic rings. The van der Waals surface area contributed by atoms with Crippen LogP contribution in [0.15, 0.2) is 48.5 Å². The number of ketones is 1. The Balaban J connectivity index is 1.66. The number of hydrogen-bond acceptors (Lipinski definition) is 5. The molecule has 9 heteroatoms. The number of aromatic nitrogens is 1. The molecule has 2 aromatic carbocycles. The SMILES string of the molecule is Cn1c(COc2ccc(Cl)cc2)c(C(=O)C(=O)NCCCNC(=O)OC(C)(C)C)c2ccccc21. The molecule has 0 unspecified atom stereocenters. The molecule has 1 heterocycles. The summed E-state index contributed by atoms with van der Waals surface area (Å²) in [7, 11) is 1.83. The van der Waals surface area contributed by atoms with E-state index in [4.69, 9.17) is 21.1 Å². The summed E-state index contributed by atoms with van der Waals surface area (Å²) in [4.78, 5) is 37.6. The summed E-state index contributed by atoms with van der Waals surface area (Å²) in [6.45, 7) is 5.96. The lowest BCUT2D eigenvalue weighted by Crippen LogP contribution is -2.36. The Morgan fingerprint density at radius 2 is 1.63 bits per heavy atom. The molecule has 35 heavy (non-hydrogen) atoms. The Hall–Kier alpha value is -3.52. The Labute approximate surface area is 209 Å². The van der Waals surface area contributed by atoms with Gasteiger partial charge in [0.25, 0.3) is 11.7 Å². The smallest absolute Gasteiger partial charge is 0.407 e. The van der Waals surface area contributed by atoms with Crippen LogP contribution in [0, 0.1) is 0 Å². The van der Waals surface area contributed by atoms with Gasteiger partial charge in [-0.2, -0.15) is 0 Å². The second kappa shape index (κ2) is 11.3. The summed E-state index contributed by atoms with van der Waals surface area (Å²) in [5.41, 5.74) is 1.13. The van der Waals surface area contributed by atoms with E-state index in [0.717, 1.165) is 5.52 Å². The molecule has 0 bridgehead atoms. The predicted molar refractivity (Wildman–Crippen MR) is 135 cm³/mol. The fraction of sp³-hybridized carbons (Fsp3) is 0.346. The molecule has 0 atom stereocenters. The van der Waals surface area contributed by atoms with E-state index in [1.165, 1.54) is 0 Å². The van der Waals surface area contributed by atoms with Gasteiger partial charge in [0.2, 0.25) is 0 Å². The number of Topliss-reactive ketones (excluding diaryl/α,β-unsaturated/α-hetero) is 1. The lowest BCUT2D eigenvalue weighted by atomic mass is 10.1. The first-order valence-electron chi connectivity index (χ1n) is 11.3. The van der Waals surface area contributed by atoms with E-state index in [0.29, 0.717) is 40.4 Å². The molecule has 0 radical (unpaired) electrons. The molecular formula is C26H30ClN3O5. The first-order valence-corrected chi connectivity index (χ1v) is 11.7.